The van der Waals surface area contributed by atoms with E-state index < -0.39 is 21.9 Å². The van der Waals surface area contributed by atoms with Gasteiger partial charge in [-0.25, -0.2) is 8.42 Å². The van der Waals surface area contributed by atoms with Gasteiger partial charge in [0, 0.05) is 7.11 Å². The fourth-order valence-corrected chi connectivity index (χ4v) is 2.60. The Kier molecular flexibility index (Phi) is 4.72. The van der Waals surface area contributed by atoms with Crippen LogP contribution in [0.2, 0.25) is 0 Å². The largest absolute Gasteiger partial charge is 0.373 e. The minimum absolute atomic E-state index is 0.0120. The molecule has 1 atom stereocenters. The Hall–Kier alpha value is -2.18. The average molecular weight is 305 g/mol. The van der Waals surface area contributed by atoms with Crippen LogP contribution in [0.15, 0.2) is 59.7 Å². The first-order valence-electron chi connectivity index (χ1n) is 6.23. The molecule has 6 heteroatoms. The van der Waals surface area contributed by atoms with Crippen LogP contribution in [0, 0.1) is 0 Å². The maximum atomic E-state index is 12.0. The van der Waals surface area contributed by atoms with Gasteiger partial charge in [-0.05, 0) is 29.9 Å². The van der Waals surface area contributed by atoms with E-state index in [1.54, 1.807) is 30.3 Å². The van der Waals surface area contributed by atoms with Crippen molar-refractivity contribution in [3.63, 3.8) is 0 Å². The predicted molar refractivity (Wildman–Crippen MR) is 80.6 cm³/mol. The third kappa shape index (κ3) is 4.40. The fourth-order valence-electron chi connectivity index (χ4n) is 1.72. The van der Waals surface area contributed by atoms with E-state index in [0.717, 1.165) is 11.0 Å². The average Bonchev–Trinajstić information content (AvgIpc) is 2.48. The standard InChI is InChI=1S/C15H15NO4S/c1-20-13-7-8-15(17)14(11-13)16-21(18,19)10-9-12-5-3-2-4-6-12/h2-11,13,16H,1H3/b10-9+. The van der Waals surface area contributed by atoms with Gasteiger partial charge in [0.2, 0.25) is 5.78 Å². The van der Waals surface area contributed by atoms with Gasteiger partial charge in [-0.2, -0.15) is 0 Å². The lowest BCUT2D eigenvalue weighted by Crippen LogP contribution is -2.28. The smallest absolute Gasteiger partial charge is 0.255 e. The van der Waals surface area contributed by atoms with Crippen LogP contribution in [0.1, 0.15) is 5.56 Å². The third-order valence-corrected chi connectivity index (χ3v) is 3.80. The van der Waals surface area contributed by atoms with Gasteiger partial charge in [-0.3, -0.25) is 9.52 Å². The van der Waals surface area contributed by atoms with E-state index in [2.05, 4.69) is 4.72 Å². The maximum absolute atomic E-state index is 12.0. The number of rotatable bonds is 5. The molecule has 1 aromatic carbocycles. The van der Waals surface area contributed by atoms with E-state index in [1.807, 2.05) is 6.07 Å². The zero-order chi connectivity index (χ0) is 15.3. The van der Waals surface area contributed by atoms with Crippen LogP contribution in [0.5, 0.6) is 0 Å². The molecule has 2 rings (SSSR count). The molecule has 0 heterocycles. The molecule has 0 saturated heterocycles. The molecule has 1 aliphatic rings. The molecule has 1 N–H and O–H groups in total. The van der Waals surface area contributed by atoms with Gasteiger partial charge in [0.15, 0.2) is 0 Å². The second-order valence-corrected chi connectivity index (χ2v) is 5.93. The highest BCUT2D eigenvalue weighted by Gasteiger charge is 2.18. The lowest BCUT2D eigenvalue weighted by atomic mass is 10.1. The van der Waals surface area contributed by atoms with Gasteiger partial charge in [-0.15, -0.1) is 0 Å². The first kappa shape index (κ1) is 15.2. The van der Waals surface area contributed by atoms with Crippen LogP contribution in [-0.2, 0) is 19.6 Å². The van der Waals surface area contributed by atoms with Crippen LogP contribution in [-0.4, -0.2) is 27.4 Å². The second kappa shape index (κ2) is 6.51. The molecule has 21 heavy (non-hydrogen) atoms. The molecule has 1 aromatic rings. The predicted octanol–water partition coefficient (Wildman–Crippen LogP) is 1.61. The van der Waals surface area contributed by atoms with Crippen molar-refractivity contribution in [2.75, 3.05) is 7.11 Å². The topological polar surface area (TPSA) is 72.5 Å². The molecule has 0 bridgehead atoms. The summed E-state index contributed by atoms with van der Waals surface area (Å²) in [5.41, 5.74) is 0.739. The first-order chi connectivity index (χ1) is 10.00. The minimum Gasteiger partial charge on any atom is -0.373 e. The number of nitrogens with one attached hydrogen (secondary N) is 1. The highest BCUT2D eigenvalue weighted by molar-refractivity contribution is 7.92. The molecule has 0 aromatic heterocycles. The van der Waals surface area contributed by atoms with Crippen molar-refractivity contribution < 1.29 is 17.9 Å². The summed E-state index contributed by atoms with van der Waals surface area (Å²) in [4.78, 5) is 11.6. The van der Waals surface area contributed by atoms with E-state index >= 15 is 0 Å². The summed E-state index contributed by atoms with van der Waals surface area (Å²) >= 11 is 0. The lowest BCUT2D eigenvalue weighted by Gasteiger charge is -2.14. The number of carbonyl (C=O) groups excluding carboxylic acids is 1. The van der Waals surface area contributed by atoms with Crippen molar-refractivity contribution in [1.82, 2.24) is 4.72 Å². The van der Waals surface area contributed by atoms with Crippen LogP contribution in [0.25, 0.3) is 6.08 Å². The number of ether oxygens (including phenoxy) is 1. The summed E-state index contributed by atoms with van der Waals surface area (Å²) in [6.45, 7) is 0. The van der Waals surface area contributed by atoms with E-state index in [4.69, 9.17) is 4.74 Å². The van der Waals surface area contributed by atoms with E-state index in [-0.39, 0.29) is 5.70 Å². The van der Waals surface area contributed by atoms with Gasteiger partial charge in [-0.1, -0.05) is 30.3 Å². The zero-order valence-electron chi connectivity index (χ0n) is 11.4. The number of hydrogen-bond donors (Lipinski definition) is 1. The highest BCUT2D eigenvalue weighted by Crippen LogP contribution is 2.10. The zero-order valence-corrected chi connectivity index (χ0v) is 12.2. The van der Waals surface area contributed by atoms with Crippen molar-refractivity contribution in [1.29, 1.82) is 0 Å². The summed E-state index contributed by atoms with van der Waals surface area (Å²) in [6, 6.07) is 9.01. The minimum atomic E-state index is -3.75. The van der Waals surface area contributed by atoms with Gasteiger partial charge >= 0.3 is 0 Å². The van der Waals surface area contributed by atoms with Crippen molar-refractivity contribution in [3.05, 3.63) is 65.2 Å². The summed E-state index contributed by atoms with van der Waals surface area (Å²) < 4.78 is 31.2. The number of hydrogen-bond acceptors (Lipinski definition) is 4. The molecule has 1 unspecified atom stereocenters. The Bertz CT molecular complexity index is 702. The Morgan fingerprint density at radius 3 is 2.62 bits per heavy atom. The van der Waals surface area contributed by atoms with Crippen LogP contribution >= 0.6 is 0 Å². The Balaban J connectivity index is 2.12. The monoisotopic (exact) mass is 305 g/mol. The van der Waals surface area contributed by atoms with Gasteiger partial charge in [0.25, 0.3) is 10.0 Å². The summed E-state index contributed by atoms with van der Waals surface area (Å²) in [5.74, 6) is -0.403. The normalized spacial score (nSPS) is 18.8. The quantitative estimate of drug-likeness (QED) is 0.897. The van der Waals surface area contributed by atoms with Crippen LogP contribution < -0.4 is 4.72 Å². The highest BCUT2D eigenvalue weighted by atomic mass is 32.2. The molecule has 1 aliphatic carbocycles. The molecular formula is C15H15NO4S. The summed E-state index contributed by atoms with van der Waals surface area (Å²) in [7, 11) is -2.28. The molecule has 0 radical (unpaired) electrons. The molecular weight excluding hydrogens is 290 g/mol. The molecule has 0 amide bonds. The van der Waals surface area contributed by atoms with Crippen molar-refractivity contribution in [3.8, 4) is 0 Å². The Morgan fingerprint density at radius 1 is 1.24 bits per heavy atom. The number of allylic oxidation sites excluding steroid dienone is 1. The van der Waals surface area contributed by atoms with E-state index in [1.165, 1.54) is 25.3 Å². The molecule has 110 valence electrons. The van der Waals surface area contributed by atoms with Crippen molar-refractivity contribution >= 4 is 21.9 Å². The first-order valence-corrected chi connectivity index (χ1v) is 7.78. The second-order valence-electron chi connectivity index (χ2n) is 4.36. The van der Waals surface area contributed by atoms with E-state index in [0.29, 0.717) is 0 Å². The number of benzene rings is 1. The summed E-state index contributed by atoms with van der Waals surface area (Å²) in [5, 5.41) is 1.02. The molecule has 0 spiro atoms. The van der Waals surface area contributed by atoms with Crippen LogP contribution in [0.4, 0.5) is 0 Å². The van der Waals surface area contributed by atoms with Crippen molar-refractivity contribution in [2.24, 2.45) is 0 Å². The van der Waals surface area contributed by atoms with Crippen molar-refractivity contribution in [2.45, 2.75) is 6.10 Å². The molecule has 5 nitrogen and oxygen atoms in total. The number of sulfonamides is 1. The Labute approximate surface area is 123 Å². The molecule has 0 fully saturated rings. The van der Waals surface area contributed by atoms with Crippen LogP contribution in [0.3, 0.4) is 0 Å². The molecule has 0 aliphatic heterocycles. The maximum Gasteiger partial charge on any atom is 0.255 e. The van der Waals surface area contributed by atoms with Gasteiger partial charge in [0.05, 0.1) is 17.2 Å². The number of ketones is 1. The fraction of sp³-hybridized carbons (Fsp3) is 0.133. The number of carbonyl (C=O) groups is 1. The number of methoxy groups -OCH3 is 1. The lowest BCUT2D eigenvalue weighted by molar-refractivity contribution is -0.111. The third-order valence-electron chi connectivity index (χ3n) is 2.80. The summed E-state index contributed by atoms with van der Waals surface area (Å²) in [6.07, 6.45) is 5.31. The SMILES string of the molecule is COC1C=CC(=O)C(NS(=O)(=O)/C=C/c2ccccc2)=C1. The van der Waals surface area contributed by atoms with E-state index in [9.17, 15) is 13.2 Å². The Morgan fingerprint density at radius 2 is 1.95 bits per heavy atom. The van der Waals surface area contributed by atoms with Gasteiger partial charge < -0.3 is 4.74 Å². The molecule has 0 saturated carbocycles. The van der Waals surface area contributed by atoms with Gasteiger partial charge in [0.1, 0.15) is 0 Å².